The van der Waals surface area contributed by atoms with Crippen LogP contribution in [-0.2, 0) is 17.9 Å². The number of aryl methyl sites for hydroxylation is 1. The minimum Gasteiger partial charge on any atom is -1.00 e. The zero-order valence-corrected chi connectivity index (χ0v) is 25.3. The summed E-state index contributed by atoms with van der Waals surface area (Å²) in [6.07, 6.45) is 2.22. The van der Waals surface area contributed by atoms with E-state index in [-0.39, 0.29) is 26.0 Å². The monoisotopic (exact) mass is 591 g/mol. The molecule has 0 aliphatic carbocycles. The first-order chi connectivity index (χ1) is 20.3. The van der Waals surface area contributed by atoms with Crippen molar-refractivity contribution in [1.29, 1.82) is 0 Å². The van der Waals surface area contributed by atoms with Crippen LogP contribution in [0.2, 0.25) is 0 Å². The number of nitrogens with zero attached hydrogens (tertiary/aromatic N) is 2. The Hall–Kier alpha value is -4.03. The predicted octanol–water partition coefficient (Wildman–Crippen LogP) is 3.83. The first-order valence-corrected chi connectivity index (χ1v) is 14.9. The Labute approximate surface area is 269 Å². The number of carbonyl (C=O) groups is 2. The van der Waals surface area contributed by atoms with E-state index >= 15 is 0 Å². The Morgan fingerprint density at radius 3 is 2.21 bits per heavy atom. The second-order valence-corrected chi connectivity index (χ2v) is 10.9. The molecule has 0 aliphatic heterocycles. The van der Waals surface area contributed by atoms with Crippen molar-refractivity contribution >= 4 is 35.0 Å². The summed E-state index contributed by atoms with van der Waals surface area (Å²) in [6, 6.07) is 28.8. The van der Waals surface area contributed by atoms with Crippen LogP contribution in [0, 0.1) is 17.0 Å². The molecule has 0 radical (unpaired) electrons. The SMILES string of the molecule is CSCC[C@H](NC(=O)c1ccc(CN(Cc2ccccc2)c2ccc([N+](=O)[O-])cc2)cc1-c1ccccc1C)C(=O)O.[H-].[Li+]. The average molecular weight is 592 g/mol. The molecular weight excluding hydrogens is 557 g/mol. The van der Waals surface area contributed by atoms with Crippen molar-refractivity contribution in [2.45, 2.75) is 32.5 Å². The van der Waals surface area contributed by atoms with E-state index in [1.807, 2.05) is 79.9 Å². The van der Waals surface area contributed by atoms with Gasteiger partial charge in [-0.05, 0) is 77.4 Å². The zero-order valence-electron chi connectivity index (χ0n) is 25.5. The van der Waals surface area contributed by atoms with E-state index in [0.29, 0.717) is 36.4 Å². The molecule has 4 rings (SSSR count). The smallest absolute Gasteiger partial charge is 1.00 e. The first kappa shape index (κ1) is 33.5. The number of benzene rings is 4. The van der Waals surface area contributed by atoms with E-state index < -0.39 is 22.8 Å². The second kappa shape index (κ2) is 16.0. The number of rotatable bonds is 13. The molecule has 1 amide bonds. The van der Waals surface area contributed by atoms with Gasteiger partial charge in [-0.2, -0.15) is 11.8 Å². The van der Waals surface area contributed by atoms with Crippen LogP contribution in [0.1, 0.15) is 34.9 Å². The number of thioether (sulfide) groups is 1. The largest absolute Gasteiger partial charge is 1.00 e. The van der Waals surface area contributed by atoms with Crippen molar-refractivity contribution in [3.05, 3.63) is 129 Å². The van der Waals surface area contributed by atoms with E-state index in [2.05, 4.69) is 10.2 Å². The molecule has 0 spiro atoms. The standard InChI is InChI=1S/C33H33N3O5S.Li.H/c1-23-8-6-7-11-28(23)30-20-25(12-17-29(30)32(37)34-31(33(38)39)18-19-42-2)22-35(21-24-9-4-3-5-10-24)26-13-15-27(16-14-26)36(40)41;;/h3-17,20,31H,18-19,21-22H2,1-2H3,(H,34,37)(H,38,39);;/q;+1;-1/t31-;;/m0../s1. The fourth-order valence-electron chi connectivity index (χ4n) is 4.76. The van der Waals surface area contributed by atoms with E-state index in [1.54, 1.807) is 18.2 Å². The number of aliphatic carboxylic acids is 1. The van der Waals surface area contributed by atoms with Crippen molar-refractivity contribution in [3.8, 4) is 11.1 Å². The molecule has 4 aromatic rings. The maximum atomic E-state index is 13.5. The maximum Gasteiger partial charge on any atom is 1.00 e. The van der Waals surface area contributed by atoms with Gasteiger partial charge in [0.2, 0.25) is 0 Å². The summed E-state index contributed by atoms with van der Waals surface area (Å²) in [5.41, 5.74) is 5.82. The van der Waals surface area contributed by atoms with Crippen molar-refractivity contribution in [2.75, 3.05) is 16.9 Å². The molecule has 2 N–H and O–H groups in total. The Kier molecular flexibility index (Phi) is 12.4. The number of nitrogens with one attached hydrogen (secondary N) is 1. The zero-order chi connectivity index (χ0) is 30.1. The molecular formula is C33H34LiN3O5S. The van der Waals surface area contributed by atoms with E-state index in [0.717, 1.165) is 27.9 Å². The predicted molar refractivity (Wildman–Crippen MR) is 169 cm³/mol. The molecule has 0 bridgehead atoms. The van der Waals surface area contributed by atoms with Gasteiger partial charge in [-0.1, -0.05) is 60.7 Å². The third-order valence-electron chi connectivity index (χ3n) is 6.99. The summed E-state index contributed by atoms with van der Waals surface area (Å²) in [5, 5.41) is 23.6. The summed E-state index contributed by atoms with van der Waals surface area (Å²) < 4.78 is 0. The van der Waals surface area contributed by atoms with E-state index in [1.165, 1.54) is 23.9 Å². The average Bonchev–Trinajstić information content (AvgIpc) is 2.99. The van der Waals surface area contributed by atoms with Gasteiger partial charge in [-0.15, -0.1) is 0 Å². The van der Waals surface area contributed by atoms with Crippen LogP contribution >= 0.6 is 11.8 Å². The fraction of sp³-hybridized carbons (Fsp3) is 0.212. The van der Waals surface area contributed by atoms with Crippen LogP contribution in [0.4, 0.5) is 11.4 Å². The number of carboxylic acids is 1. The van der Waals surface area contributed by atoms with Crippen LogP contribution in [-0.4, -0.2) is 40.0 Å². The molecule has 8 nitrogen and oxygen atoms in total. The first-order valence-electron chi connectivity index (χ1n) is 13.5. The molecule has 0 heterocycles. The van der Waals surface area contributed by atoms with Gasteiger partial charge in [0.1, 0.15) is 6.04 Å². The molecule has 4 aromatic carbocycles. The van der Waals surface area contributed by atoms with Gasteiger partial charge in [0.15, 0.2) is 0 Å². The number of carboxylic acid groups (broad SMARTS) is 1. The van der Waals surface area contributed by atoms with Crippen LogP contribution in [0.25, 0.3) is 11.1 Å². The van der Waals surface area contributed by atoms with Crippen molar-refractivity contribution < 1.29 is 39.9 Å². The summed E-state index contributed by atoms with van der Waals surface area (Å²) >= 11 is 1.53. The Bertz CT molecular complexity index is 1560. The Morgan fingerprint density at radius 1 is 0.930 bits per heavy atom. The summed E-state index contributed by atoms with van der Waals surface area (Å²) in [7, 11) is 0. The third kappa shape index (κ3) is 8.98. The van der Waals surface area contributed by atoms with Gasteiger partial charge in [0, 0.05) is 36.5 Å². The van der Waals surface area contributed by atoms with E-state index in [9.17, 15) is 24.8 Å². The summed E-state index contributed by atoms with van der Waals surface area (Å²) in [5.74, 6) is -0.892. The number of nitro benzene ring substituents is 1. The molecule has 10 heteroatoms. The number of anilines is 1. The number of amides is 1. The van der Waals surface area contributed by atoms with Gasteiger partial charge in [-0.25, -0.2) is 4.79 Å². The Morgan fingerprint density at radius 2 is 1.58 bits per heavy atom. The number of nitro groups is 1. The molecule has 0 aliphatic rings. The molecule has 0 fully saturated rings. The molecule has 43 heavy (non-hydrogen) atoms. The summed E-state index contributed by atoms with van der Waals surface area (Å²) in [4.78, 5) is 38.2. The maximum absolute atomic E-state index is 13.5. The minimum atomic E-state index is -1.06. The Balaban J connectivity index is 0.00000337. The molecule has 0 unspecified atom stereocenters. The minimum absolute atomic E-state index is 0. The van der Waals surface area contributed by atoms with Gasteiger partial charge < -0.3 is 16.7 Å². The molecule has 0 aromatic heterocycles. The molecule has 1 atom stereocenters. The van der Waals surface area contributed by atoms with E-state index in [4.69, 9.17) is 0 Å². The van der Waals surface area contributed by atoms with Crippen LogP contribution in [0.15, 0.2) is 97.1 Å². The third-order valence-corrected chi connectivity index (χ3v) is 7.64. The number of non-ortho nitro benzene ring substituents is 1. The molecule has 0 saturated carbocycles. The fourth-order valence-corrected chi connectivity index (χ4v) is 5.23. The van der Waals surface area contributed by atoms with Crippen LogP contribution < -0.4 is 29.1 Å². The topological polar surface area (TPSA) is 113 Å². The van der Waals surface area contributed by atoms with Crippen LogP contribution in [0.3, 0.4) is 0 Å². The van der Waals surface area contributed by atoms with Crippen molar-refractivity contribution in [1.82, 2.24) is 5.32 Å². The molecule has 218 valence electrons. The van der Waals surface area contributed by atoms with Crippen LogP contribution in [0.5, 0.6) is 0 Å². The normalized spacial score (nSPS) is 11.2. The number of hydrogen-bond acceptors (Lipinski definition) is 6. The van der Waals surface area contributed by atoms with Crippen molar-refractivity contribution in [2.24, 2.45) is 0 Å². The van der Waals surface area contributed by atoms with Crippen molar-refractivity contribution in [3.63, 3.8) is 0 Å². The van der Waals surface area contributed by atoms with Gasteiger partial charge in [-0.3, -0.25) is 14.9 Å². The molecule has 0 saturated heterocycles. The number of carbonyl (C=O) groups excluding carboxylic acids is 1. The van der Waals surface area contributed by atoms with Gasteiger partial charge >= 0.3 is 24.8 Å². The van der Waals surface area contributed by atoms with Gasteiger partial charge in [0.05, 0.1) is 4.92 Å². The second-order valence-electron chi connectivity index (χ2n) is 9.96. The summed E-state index contributed by atoms with van der Waals surface area (Å²) in [6.45, 7) is 3.01. The quantitative estimate of drug-likeness (QED) is 0.138. The van der Waals surface area contributed by atoms with Gasteiger partial charge in [0.25, 0.3) is 11.6 Å². The number of hydrogen-bond donors (Lipinski definition) is 2.